The predicted molar refractivity (Wildman–Crippen MR) is 114 cm³/mol. The van der Waals surface area contributed by atoms with Crippen molar-refractivity contribution < 1.29 is 14.0 Å². The molecule has 0 bridgehead atoms. The van der Waals surface area contributed by atoms with Gasteiger partial charge in [-0.05, 0) is 30.2 Å². The molecule has 2 N–H and O–H groups in total. The highest BCUT2D eigenvalue weighted by Gasteiger charge is 2.37. The highest BCUT2D eigenvalue weighted by Crippen LogP contribution is 2.36. The SMILES string of the molecule is O=C(/C=C/c1cnc[nH]1)NC1N=C(c2ccccc2F)c2cccc3c2N(CC3)C1=O. The Balaban J connectivity index is 1.56. The number of aliphatic imine (C=N–C) groups is 1. The van der Waals surface area contributed by atoms with Gasteiger partial charge in [-0.3, -0.25) is 9.59 Å². The molecule has 2 aromatic carbocycles. The fourth-order valence-corrected chi connectivity index (χ4v) is 3.94. The summed E-state index contributed by atoms with van der Waals surface area (Å²) in [6, 6.07) is 12.0. The number of H-pyrrole nitrogens is 1. The molecule has 31 heavy (non-hydrogen) atoms. The number of anilines is 1. The van der Waals surface area contributed by atoms with Gasteiger partial charge in [0.2, 0.25) is 12.1 Å². The molecule has 0 aliphatic carbocycles. The standard InChI is InChI=1S/C23H18FN5O2/c24-18-7-2-1-5-16(18)20-17-6-3-4-14-10-11-29(21(14)17)23(31)22(28-20)27-19(30)9-8-15-12-25-13-26-15/h1-9,12-13,22H,10-11H2,(H,25,26)(H,27,30)/b9-8+. The quantitative estimate of drug-likeness (QED) is 0.642. The Morgan fingerprint density at radius 3 is 2.84 bits per heavy atom. The van der Waals surface area contributed by atoms with Gasteiger partial charge in [-0.1, -0.05) is 30.3 Å². The van der Waals surface area contributed by atoms with Crippen molar-refractivity contribution in [3.8, 4) is 0 Å². The third-order valence-electron chi connectivity index (χ3n) is 5.35. The normalized spacial score (nSPS) is 17.5. The van der Waals surface area contributed by atoms with E-state index in [1.807, 2.05) is 18.2 Å². The summed E-state index contributed by atoms with van der Waals surface area (Å²) in [4.78, 5) is 38.7. The second-order valence-corrected chi connectivity index (χ2v) is 7.26. The van der Waals surface area contributed by atoms with E-state index in [-0.39, 0.29) is 11.5 Å². The fourth-order valence-electron chi connectivity index (χ4n) is 3.94. The molecule has 0 saturated carbocycles. The number of amides is 2. The van der Waals surface area contributed by atoms with Gasteiger partial charge in [-0.2, -0.15) is 0 Å². The van der Waals surface area contributed by atoms with Crippen LogP contribution in [0.15, 0.2) is 66.1 Å². The molecule has 2 amide bonds. The molecule has 2 aliphatic rings. The predicted octanol–water partition coefficient (Wildman–Crippen LogP) is 2.44. The molecule has 3 heterocycles. The number of hydrogen-bond acceptors (Lipinski definition) is 4. The van der Waals surface area contributed by atoms with E-state index in [4.69, 9.17) is 0 Å². The molecule has 7 nitrogen and oxygen atoms in total. The molecular weight excluding hydrogens is 397 g/mol. The van der Waals surface area contributed by atoms with Crippen molar-refractivity contribution in [2.75, 3.05) is 11.4 Å². The van der Waals surface area contributed by atoms with Crippen molar-refractivity contribution in [3.63, 3.8) is 0 Å². The third kappa shape index (κ3) is 3.42. The minimum atomic E-state index is -1.17. The van der Waals surface area contributed by atoms with Crippen LogP contribution in [0.3, 0.4) is 0 Å². The van der Waals surface area contributed by atoms with Crippen molar-refractivity contribution in [2.45, 2.75) is 12.6 Å². The highest BCUT2D eigenvalue weighted by atomic mass is 19.1. The summed E-state index contributed by atoms with van der Waals surface area (Å²) < 4.78 is 14.7. The van der Waals surface area contributed by atoms with Gasteiger partial charge in [0.05, 0.1) is 29.6 Å². The lowest BCUT2D eigenvalue weighted by Crippen LogP contribution is -2.46. The summed E-state index contributed by atoms with van der Waals surface area (Å²) in [7, 11) is 0. The molecule has 1 unspecified atom stereocenters. The third-order valence-corrected chi connectivity index (χ3v) is 5.35. The van der Waals surface area contributed by atoms with E-state index < -0.39 is 17.9 Å². The average Bonchev–Trinajstić information content (AvgIpc) is 3.43. The molecule has 0 fully saturated rings. The summed E-state index contributed by atoms with van der Waals surface area (Å²) in [6.07, 6.45) is 5.43. The lowest BCUT2D eigenvalue weighted by molar-refractivity contribution is -0.125. The van der Waals surface area contributed by atoms with Crippen molar-refractivity contribution in [1.82, 2.24) is 15.3 Å². The van der Waals surface area contributed by atoms with Gasteiger partial charge in [0.25, 0.3) is 5.91 Å². The average molecular weight is 415 g/mol. The van der Waals surface area contributed by atoms with Crippen LogP contribution < -0.4 is 10.2 Å². The number of rotatable bonds is 4. The van der Waals surface area contributed by atoms with E-state index in [0.717, 1.165) is 11.3 Å². The summed E-state index contributed by atoms with van der Waals surface area (Å²) in [5.74, 6) is -1.28. The molecule has 1 atom stereocenters. The number of nitrogens with zero attached hydrogens (tertiary/aromatic N) is 3. The smallest absolute Gasteiger partial charge is 0.272 e. The summed E-state index contributed by atoms with van der Waals surface area (Å²) >= 11 is 0. The number of carbonyl (C=O) groups excluding carboxylic acids is 2. The van der Waals surface area contributed by atoms with Crippen LogP contribution in [0.2, 0.25) is 0 Å². The Morgan fingerprint density at radius 2 is 2.03 bits per heavy atom. The lowest BCUT2D eigenvalue weighted by Gasteiger charge is -2.20. The van der Waals surface area contributed by atoms with E-state index in [9.17, 15) is 14.0 Å². The highest BCUT2D eigenvalue weighted by molar-refractivity contribution is 6.21. The van der Waals surface area contributed by atoms with Gasteiger partial charge in [0.1, 0.15) is 5.82 Å². The summed E-state index contributed by atoms with van der Waals surface area (Å²) in [6.45, 7) is 0.488. The van der Waals surface area contributed by atoms with Crippen LogP contribution in [0.25, 0.3) is 6.08 Å². The molecule has 1 aromatic heterocycles. The van der Waals surface area contributed by atoms with Crippen LogP contribution in [0.1, 0.15) is 22.4 Å². The molecule has 154 valence electrons. The summed E-state index contributed by atoms with van der Waals surface area (Å²) in [5, 5.41) is 2.65. The number of hydrogen-bond donors (Lipinski definition) is 2. The topological polar surface area (TPSA) is 90.4 Å². The number of carbonyl (C=O) groups is 2. The number of para-hydroxylation sites is 1. The fraction of sp³-hybridized carbons (Fsp3) is 0.130. The maximum atomic E-state index is 14.7. The van der Waals surface area contributed by atoms with E-state index >= 15 is 0 Å². The van der Waals surface area contributed by atoms with Gasteiger partial charge in [-0.25, -0.2) is 14.4 Å². The minimum absolute atomic E-state index is 0.282. The first-order valence-corrected chi connectivity index (χ1v) is 9.85. The largest absolute Gasteiger partial charge is 0.345 e. The number of imidazole rings is 1. The van der Waals surface area contributed by atoms with Crippen LogP contribution in [-0.2, 0) is 16.0 Å². The lowest BCUT2D eigenvalue weighted by atomic mass is 9.98. The Morgan fingerprint density at radius 1 is 1.19 bits per heavy atom. The van der Waals surface area contributed by atoms with Crippen LogP contribution in [0, 0.1) is 5.82 Å². The Labute approximate surface area is 177 Å². The van der Waals surface area contributed by atoms with E-state index in [0.29, 0.717) is 29.9 Å². The van der Waals surface area contributed by atoms with Gasteiger partial charge < -0.3 is 15.2 Å². The Bertz CT molecular complexity index is 1230. The van der Waals surface area contributed by atoms with Crippen LogP contribution in [-0.4, -0.2) is 40.2 Å². The number of aromatic nitrogens is 2. The first kappa shape index (κ1) is 18.9. The van der Waals surface area contributed by atoms with Crippen molar-refractivity contribution in [2.24, 2.45) is 4.99 Å². The van der Waals surface area contributed by atoms with Crippen molar-refractivity contribution in [1.29, 1.82) is 0 Å². The van der Waals surface area contributed by atoms with Gasteiger partial charge >= 0.3 is 0 Å². The molecule has 8 heteroatoms. The molecule has 3 aromatic rings. The van der Waals surface area contributed by atoms with Crippen molar-refractivity contribution >= 4 is 29.3 Å². The second-order valence-electron chi connectivity index (χ2n) is 7.26. The van der Waals surface area contributed by atoms with Crippen LogP contribution in [0.4, 0.5) is 10.1 Å². The molecule has 5 rings (SSSR count). The Kier molecular flexibility index (Phi) is 4.66. The van der Waals surface area contributed by atoms with E-state index in [2.05, 4.69) is 20.3 Å². The molecule has 0 radical (unpaired) electrons. The minimum Gasteiger partial charge on any atom is -0.345 e. The van der Waals surface area contributed by atoms with E-state index in [1.54, 1.807) is 35.4 Å². The molecule has 2 aliphatic heterocycles. The second kappa shape index (κ2) is 7.64. The zero-order valence-electron chi connectivity index (χ0n) is 16.4. The zero-order valence-corrected chi connectivity index (χ0v) is 16.4. The monoisotopic (exact) mass is 415 g/mol. The van der Waals surface area contributed by atoms with Gasteiger partial charge in [-0.15, -0.1) is 0 Å². The molecule has 0 saturated heterocycles. The summed E-state index contributed by atoms with van der Waals surface area (Å²) in [5.41, 5.74) is 3.69. The maximum Gasteiger partial charge on any atom is 0.272 e. The van der Waals surface area contributed by atoms with E-state index in [1.165, 1.54) is 18.5 Å². The number of halogens is 1. The number of nitrogens with one attached hydrogen (secondary N) is 2. The van der Waals surface area contributed by atoms with Crippen LogP contribution in [0.5, 0.6) is 0 Å². The van der Waals surface area contributed by atoms with Gasteiger partial charge in [0, 0.05) is 23.7 Å². The van der Waals surface area contributed by atoms with Crippen molar-refractivity contribution in [3.05, 3.63) is 89.3 Å². The Hall–Kier alpha value is -4.07. The van der Waals surface area contributed by atoms with Gasteiger partial charge in [0.15, 0.2) is 0 Å². The maximum absolute atomic E-state index is 14.7. The first-order valence-electron chi connectivity index (χ1n) is 9.85. The van der Waals surface area contributed by atoms with Crippen LogP contribution >= 0.6 is 0 Å². The molecular formula is C23H18FN5O2. The zero-order chi connectivity index (χ0) is 21.4. The molecule has 0 spiro atoms. The number of benzene rings is 2. The number of aromatic amines is 1. The first-order chi connectivity index (χ1) is 15.1.